The van der Waals surface area contributed by atoms with E-state index < -0.39 is 11.9 Å². The van der Waals surface area contributed by atoms with Gasteiger partial charge >= 0.3 is 11.9 Å². The van der Waals surface area contributed by atoms with Crippen LogP contribution in [0.15, 0.2) is 11.6 Å². The third-order valence-electron chi connectivity index (χ3n) is 1.08. The summed E-state index contributed by atoms with van der Waals surface area (Å²) in [6.07, 6.45) is 1.07. The number of hydrogen-bond donors (Lipinski definition) is 1. The van der Waals surface area contributed by atoms with Crippen molar-refractivity contribution in [3.8, 4) is 0 Å². The zero-order valence-electron chi connectivity index (χ0n) is 7.16. The fourth-order valence-corrected chi connectivity index (χ4v) is 0.675. The van der Waals surface area contributed by atoms with E-state index in [1.807, 2.05) is 0 Å². The molecule has 0 aromatic rings. The van der Waals surface area contributed by atoms with Crippen LogP contribution in [0.2, 0.25) is 0 Å². The van der Waals surface area contributed by atoms with Gasteiger partial charge in [-0.1, -0.05) is 5.57 Å². The van der Waals surface area contributed by atoms with Crippen molar-refractivity contribution in [2.24, 2.45) is 0 Å². The maximum Gasteiger partial charge on any atom is 0.330 e. The number of rotatable bonds is 4. The molecule has 4 nitrogen and oxygen atoms in total. The Bertz CT molecular complexity index is 205. The molecule has 1 N–H and O–H groups in total. The molecule has 0 radical (unpaired) electrons. The quantitative estimate of drug-likeness (QED) is 0.507. The summed E-state index contributed by atoms with van der Waals surface area (Å²) in [5, 5.41) is 8.33. The Morgan fingerprint density at radius 3 is 2.50 bits per heavy atom. The van der Waals surface area contributed by atoms with Gasteiger partial charge in [0.15, 0.2) is 0 Å². The minimum Gasteiger partial charge on any atom is -0.481 e. The van der Waals surface area contributed by atoms with E-state index in [2.05, 4.69) is 4.74 Å². The summed E-state index contributed by atoms with van der Waals surface area (Å²) in [6.45, 7) is 3.57. The van der Waals surface area contributed by atoms with Gasteiger partial charge in [-0.2, -0.15) is 0 Å². The van der Waals surface area contributed by atoms with Crippen LogP contribution in [-0.2, 0) is 14.3 Å². The molecular weight excluding hydrogens is 160 g/mol. The van der Waals surface area contributed by atoms with Crippen LogP contribution in [-0.4, -0.2) is 23.7 Å². The molecule has 0 fully saturated rings. The van der Waals surface area contributed by atoms with Crippen LogP contribution in [0, 0.1) is 0 Å². The molecular formula is C8H12O4. The van der Waals surface area contributed by atoms with Crippen molar-refractivity contribution in [3.05, 3.63) is 11.6 Å². The van der Waals surface area contributed by atoms with Gasteiger partial charge in [0.05, 0.1) is 13.0 Å². The third kappa shape index (κ3) is 5.46. The largest absolute Gasteiger partial charge is 0.481 e. The lowest BCUT2D eigenvalue weighted by atomic mass is 10.2. The predicted octanol–water partition coefficient (Wildman–Crippen LogP) is 0.970. The van der Waals surface area contributed by atoms with Crippen LogP contribution >= 0.6 is 0 Å². The van der Waals surface area contributed by atoms with Gasteiger partial charge in [0.1, 0.15) is 0 Å². The van der Waals surface area contributed by atoms with Crippen LogP contribution in [0.3, 0.4) is 0 Å². The molecule has 0 saturated carbocycles. The zero-order valence-corrected chi connectivity index (χ0v) is 7.16. The fourth-order valence-electron chi connectivity index (χ4n) is 0.675. The van der Waals surface area contributed by atoms with Gasteiger partial charge in [-0.25, -0.2) is 4.79 Å². The van der Waals surface area contributed by atoms with Crippen molar-refractivity contribution in [2.45, 2.75) is 20.3 Å². The summed E-state index contributed by atoms with van der Waals surface area (Å²) in [6, 6.07) is 0. The Kier molecular flexibility index (Phi) is 4.76. The fraction of sp³-hybridized carbons (Fsp3) is 0.500. The van der Waals surface area contributed by atoms with Crippen LogP contribution in [0.25, 0.3) is 0 Å². The lowest BCUT2D eigenvalue weighted by Gasteiger charge is -1.97. The van der Waals surface area contributed by atoms with E-state index in [1.165, 1.54) is 6.08 Å². The van der Waals surface area contributed by atoms with Crippen LogP contribution in [0.4, 0.5) is 0 Å². The van der Waals surface area contributed by atoms with Gasteiger partial charge in [0.2, 0.25) is 0 Å². The second-order valence-corrected chi connectivity index (χ2v) is 2.31. The van der Waals surface area contributed by atoms with E-state index >= 15 is 0 Å². The molecule has 0 aliphatic carbocycles. The summed E-state index contributed by atoms with van der Waals surface area (Å²) >= 11 is 0. The second kappa shape index (κ2) is 5.35. The molecule has 0 aromatic carbocycles. The standard InChI is InChI=1S/C8H12O4/c1-3-12-8(11)5-6(2)4-7(9)10/h5H,3-4H2,1-2H3,(H,9,10). The highest BCUT2D eigenvalue weighted by molar-refractivity contribution is 5.84. The van der Waals surface area contributed by atoms with E-state index in [0.29, 0.717) is 12.2 Å². The number of carboxylic acids is 1. The van der Waals surface area contributed by atoms with Gasteiger partial charge < -0.3 is 9.84 Å². The van der Waals surface area contributed by atoms with Gasteiger partial charge in [0.25, 0.3) is 0 Å². The average Bonchev–Trinajstić information content (AvgIpc) is 1.84. The van der Waals surface area contributed by atoms with Crippen molar-refractivity contribution < 1.29 is 19.4 Å². The van der Waals surface area contributed by atoms with Gasteiger partial charge in [-0.05, 0) is 13.8 Å². The predicted molar refractivity (Wildman–Crippen MR) is 42.6 cm³/mol. The summed E-state index contributed by atoms with van der Waals surface area (Å²) in [5.74, 6) is -1.44. The number of carboxylic acid groups (broad SMARTS) is 1. The highest BCUT2D eigenvalue weighted by atomic mass is 16.5. The normalized spacial score (nSPS) is 11.0. The SMILES string of the molecule is CCOC(=O)C=C(C)CC(=O)O. The van der Waals surface area contributed by atoms with Gasteiger partial charge in [-0.3, -0.25) is 4.79 Å². The maximum atomic E-state index is 10.7. The van der Waals surface area contributed by atoms with Crippen molar-refractivity contribution in [3.63, 3.8) is 0 Å². The molecule has 4 heteroatoms. The Morgan fingerprint density at radius 1 is 1.50 bits per heavy atom. The number of ether oxygens (including phenoxy) is 1. The summed E-state index contributed by atoms with van der Waals surface area (Å²) in [7, 11) is 0. The lowest BCUT2D eigenvalue weighted by Crippen LogP contribution is -2.02. The molecule has 0 aliphatic rings. The minimum atomic E-state index is -0.951. The molecule has 0 saturated heterocycles. The maximum absolute atomic E-state index is 10.7. The average molecular weight is 172 g/mol. The first-order chi connectivity index (χ1) is 5.56. The molecule has 0 unspecified atom stereocenters. The van der Waals surface area contributed by atoms with E-state index in [9.17, 15) is 9.59 Å². The Hall–Kier alpha value is -1.32. The molecule has 0 aliphatic heterocycles. The first-order valence-corrected chi connectivity index (χ1v) is 3.62. The Morgan fingerprint density at radius 2 is 2.08 bits per heavy atom. The second-order valence-electron chi connectivity index (χ2n) is 2.31. The topological polar surface area (TPSA) is 63.6 Å². The molecule has 0 heterocycles. The zero-order chi connectivity index (χ0) is 9.56. The van der Waals surface area contributed by atoms with E-state index in [4.69, 9.17) is 5.11 Å². The van der Waals surface area contributed by atoms with Crippen molar-refractivity contribution >= 4 is 11.9 Å². The monoisotopic (exact) mass is 172 g/mol. The molecule has 0 amide bonds. The first kappa shape index (κ1) is 10.7. The summed E-state index contributed by atoms with van der Waals surface area (Å²) < 4.78 is 4.59. The van der Waals surface area contributed by atoms with Crippen molar-refractivity contribution in [1.29, 1.82) is 0 Å². The number of esters is 1. The molecule has 68 valence electrons. The smallest absolute Gasteiger partial charge is 0.330 e. The van der Waals surface area contributed by atoms with Crippen LogP contribution in [0.1, 0.15) is 20.3 Å². The van der Waals surface area contributed by atoms with Gasteiger partial charge in [0, 0.05) is 6.08 Å². The van der Waals surface area contributed by atoms with E-state index in [0.717, 1.165) is 0 Å². The van der Waals surface area contributed by atoms with Crippen molar-refractivity contribution in [2.75, 3.05) is 6.61 Å². The molecule has 0 aromatic heterocycles. The molecule has 12 heavy (non-hydrogen) atoms. The lowest BCUT2D eigenvalue weighted by molar-refractivity contribution is -0.137. The Balaban J connectivity index is 3.97. The molecule has 0 rings (SSSR count). The molecule has 0 spiro atoms. The minimum absolute atomic E-state index is 0.126. The number of carbonyl (C=O) groups excluding carboxylic acids is 1. The van der Waals surface area contributed by atoms with Crippen LogP contribution in [0.5, 0.6) is 0 Å². The summed E-state index contributed by atoms with van der Waals surface area (Å²) in [5.41, 5.74) is 0.487. The van der Waals surface area contributed by atoms with E-state index in [-0.39, 0.29) is 6.42 Å². The van der Waals surface area contributed by atoms with Crippen molar-refractivity contribution in [1.82, 2.24) is 0 Å². The Labute approximate surface area is 70.8 Å². The van der Waals surface area contributed by atoms with E-state index in [1.54, 1.807) is 13.8 Å². The molecule has 0 atom stereocenters. The highest BCUT2D eigenvalue weighted by Gasteiger charge is 2.01. The number of carbonyl (C=O) groups is 2. The number of hydrogen-bond acceptors (Lipinski definition) is 3. The third-order valence-corrected chi connectivity index (χ3v) is 1.08. The number of aliphatic carboxylic acids is 1. The van der Waals surface area contributed by atoms with Gasteiger partial charge in [-0.15, -0.1) is 0 Å². The summed E-state index contributed by atoms with van der Waals surface area (Å²) in [4.78, 5) is 20.9. The molecule has 0 bridgehead atoms. The highest BCUT2D eigenvalue weighted by Crippen LogP contribution is 1.99. The first-order valence-electron chi connectivity index (χ1n) is 3.62. The van der Waals surface area contributed by atoms with Crippen LogP contribution < -0.4 is 0 Å².